The van der Waals surface area contributed by atoms with Gasteiger partial charge in [-0.15, -0.1) is 0 Å². The fraction of sp³-hybridized carbons (Fsp3) is 0.714. The van der Waals surface area contributed by atoms with Crippen molar-refractivity contribution >= 4 is 46.6 Å². The van der Waals surface area contributed by atoms with E-state index in [1.807, 2.05) is 30.3 Å². The molecule has 13 heteroatoms. The zero-order chi connectivity index (χ0) is 35.2. The summed E-state index contributed by atoms with van der Waals surface area (Å²) in [7, 11) is 0. The van der Waals surface area contributed by atoms with Gasteiger partial charge in [-0.05, 0) is 55.4 Å². The van der Waals surface area contributed by atoms with Crippen molar-refractivity contribution in [3.8, 4) is 0 Å². The molecule has 1 saturated heterocycles. The highest BCUT2D eigenvalue weighted by Crippen LogP contribution is 2.37. The van der Waals surface area contributed by atoms with E-state index in [0.717, 1.165) is 24.8 Å². The Hall–Kier alpha value is -2.49. The molecular weight excluding hydrogens is 737 g/mol. The molecule has 9 atom stereocenters. The van der Waals surface area contributed by atoms with Gasteiger partial charge in [0.1, 0.15) is 29.5 Å². The van der Waals surface area contributed by atoms with Crippen LogP contribution in [-0.2, 0) is 54.1 Å². The van der Waals surface area contributed by atoms with Crippen LogP contribution < -0.4 is 5.32 Å². The summed E-state index contributed by atoms with van der Waals surface area (Å²) in [5.74, 6) is -0.145. The number of nitrogens with one attached hydrogen (secondary N) is 1. The zero-order valence-corrected chi connectivity index (χ0v) is 31.1. The molecule has 1 unspecified atom stereocenters. The first kappa shape index (κ1) is 39.9. The fourth-order valence-corrected chi connectivity index (χ4v) is 7.05. The second kappa shape index (κ2) is 20.2. The normalized spacial score (nSPS) is 27.8. The molecule has 0 bridgehead atoms. The Kier molecular flexibility index (Phi) is 16.8. The van der Waals surface area contributed by atoms with E-state index in [1.165, 1.54) is 33.6 Å². The Balaban J connectivity index is 1.68. The van der Waals surface area contributed by atoms with Gasteiger partial charge in [0.15, 0.2) is 18.5 Å². The van der Waals surface area contributed by atoms with Crippen LogP contribution in [0.1, 0.15) is 85.6 Å². The van der Waals surface area contributed by atoms with Crippen LogP contribution in [0.3, 0.4) is 0 Å². The van der Waals surface area contributed by atoms with Crippen LogP contribution in [0.25, 0.3) is 0 Å². The van der Waals surface area contributed by atoms with Crippen molar-refractivity contribution in [2.24, 2.45) is 17.8 Å². The number of esters is 3. The van der Waals surface area contributed by atoms with Crippen molar-refractivity contribution in [2.75, 3.05) is 13.2 Å². The van der Waals surface area contributed by atoms with E-state index in [2.05, 4.69) is 48.7 Å². The lowest BCUT2D eigenvalue weighted by Gasteiger charge is -2.44. The van der Waals surface area contributed by atoms with Crippen LogP contribution in [0.15, 0.2) is 30.3 Å². The molecule has 0 aromatic heterocycles. The first-order chi connectivity index (χ1) is 22.8. The summed E-state index contributed by atoms with van der Waals surface area (Å²) in [6, 6.07) is 7.99. The lowest BCUT2D eigenvalue weighted by atomic mass is 9.75. The maximum atomic E-state index is 13.0. The van der Waals surface area contributed by atoms with E-state index in [1.54, 1.807) is 0 Å². The Morgan fingerprint density at radius 2 is 1.62 bits per heavy atom. The molecule has 1 heterocycles. The smallest absolute Gasteiger partial charge is 0.407 e. The minimum atomic E-state index is -1.24. The van der Waals surface area contributed by atoms with Crippen molar-refractivity contribution in [2.45, 2.75) is 128 Å². The van der Waals surface area contributed by atoms with E-state index in [4.69, 9.17) is 33.2 Å². The van der Waals surface area contributed by atoms with Crippen LogP contribution in [0, 0.1) is 17.8 Å². The number of alkyl halides is 1. The van der Waals surface area contributed by atoms with E-state index in [9.17, 15) is 19.2 Å². The maximum Gasteiger partial charge on any atom is 0.407 e. The van der Waals surface area contributed by atoms with Gasteiger partial charge in [-0.1, -0.05) is 80.1 Å². The lowest BCUT2D eigenvalue weighted by Crippen LogP contribution is -2.66. The molecule has 2 aliphatic rings. The number of ether oxygens (including phenoxy) is 7. The second-order valence-corrected chi connectivity index (χ2v) is 14.4. The van der Waals surface area contributed by atoms with Gasteiger partial charge in [0.25, 0.3) is 0 Å². The van der Waals surface area contributed by atoms with Gasteiger partial charge in [0.2, 0.25) is 0 Å². The Bertz CT molecular complexity index is 1170. The highest BCUT2D eigenvalue weighted by atomic mass is 127. The fourth-order valence-electron chi connectivity index (χ4n) is 6.23. The van der Waals surface area contributed by atoms with Gasteiger partial charge in [0, 0.05) is 27.4 Å². The summed E-state index contributed by atoms with van der Waals surface area (Å²) in [6.07, 6.45) is 0.589. The van der Waals surface area contributed by atoms with Gasteiger partial charge >= 0.3 is 24.0 Å². The van der Waals surface area contributed by atoms with Gasteiger partial charge in [-0.25, -0.2) is 4.79 Å². The van der Waals surface area contributed by atoms with E-state index >= 15 is 0 Å². The van der Waals surface area contributed by atoms with Gasteiger partial charge in [-0.3, -0.25) is 14.4 Å². The number of rotatable bonds is 16. The van der Waals surface area contributed by atoms with E-state index < -0.39 is 54.6 Å². The Morgan fingerprint density at radius 1 is 0.938 bits per heavy atom. The third-order valence-corrected chi connectivity index (χ3v) is 9.51. The van der Waals surface area contributed by atoms with Gasteiger partial charge < -0.3 is 38.5 Å². The number of halogens is 1. The molecule has 1 aliphatic heterocycles. The molecular formula is C35H52INO11. The number of hydrogen-bond donors (Lipinski definition) is 1. The van der Waals surface area contributed by atoms with Crippen molar-refractivity contribution in [3.05, 3.63) is 35.9 Å². The van der Waals surface area contributed by atoms with Crippen molar-refractivity contribution < 1.29 is 52.3 Å². The molecule has 270 valence electrons. The number of benzene rings is 1. The molecule has 1 N–H and O–H groups in total. The third-order valence-electron chi connectivity index (χ3n) is 8.59. The molecule has 0 spiro atoms. The number of amides is 1. The van der Waals surface area contributed by atoms with Crippen LogP contribution in [-0.4, -0.2) is 78.1 Å². The monoisotopic (exact) mass is 789 g/mol. The van der Waals surface area contributed by atoms with Crippen LogP contribution in [0.4, 0.5) is 4.79 Å². The van der Waals surface area contributed by atoms with E-state index in [0.29, 0.717) is 24.2 Å². The number of hydrogen-bond acceptors (Lipinski definition) is 11. The Labute approximate surface area is 297 Å². The average molecular weight is 790 g/mol. The molecule has 2 fully saturated rings. The lowest BCUT2D eigenvalue weighted by molar-refractivity contribution is -0.277. The first-order valence-corrected chi connectivity index (χ1v) is 18.1. The first-order valence-electron chi connectivity index (χ1n) is 16.9. The molecule has 48 heavy (non-hydrogen) atoms. The van der Waals surface area contributed by atoms with Crippen molar-refractivity contribution in [1.82, 2.24) is 5.32 Å². The zero-order valence-electron chi connectivity index (χ0n) is 28.9. The summed E-state index contributed by atoms with van der Waals surface area (Å²) < 4.78 is 40.6. The summed E-state index contributed by atoms with van der Waals surface area (Å²) in [5.41, 5.74) is 0.770. The maximum absolute atomic E-state index is 13.0. The van der Waals surface area contributed by atoms with E-state index in [-0.39, 0.29) is 30.0 Å². The molecule has 1 aliphatic carbocycles. The minimum Gasteiger partial charge on any atom is -0.463 e. The summed E-state index contributed by atoms with van der Waals surface area (Å²) in [4.78, 5) is 49.0. The van der Waals surface area contributed by atoms with Crippen LogP contribution in [0.5, 0.6) is 0 Å². The van der Waals surface area contributed by atoms with Gasteiger partial charge in [-0.2, -0.15) is 0 Å². The third kappa shape index (κ3) is 13.4. The molecule has 1 amide bonds. The molecule has 1 saturated carbocycles. The molecule has 0 radical (unpaired) electrons. The predicted molar refractivity (Wildman–Crippen MR) is 184 cm³/mol. The molecule has 1 aromatic carbocycles. The highest BCUT2D eigenvalue weighted by Gasteiger charge is 2.51. The quantitative estimate of drug-likeness (QED) is 0.0708. The van der Waals surface area contributed by atoms with Crippen LogP contribution in [0.2, 0.25) is 0 Å². The topological polar surface area (TPSA) is 145 Å². The van der Waals surface area contributed by atoms with Crippen molar-refractivity contribution in [3.63, 3.8) is 0 Å². The highest BCUT2D eigenvalue weighted by molar-refractivity contribution is 14.1. The largest absolute Gasteiger partial charge is 0.463 e. The van der Waals surface area contributed by atoms with Gasteiger partial charge in [0.05, 0.1) is 6.10 Å². The molecule has 3 rings (SSSR count). The second-order valence-electron chi connectivity index (χ2n) is 13.0. The average Bonchev–Trinajstić information content (AvgIpc) is 3.01. The Morgan fingerprint density at radius 3 is 2.27 bits per heavy atom. The number of alkyl carbamates (subject to hydrolysis) is 1. The summed E-state index contributed by atoms with van der Waals surface area (Å²) in [5, 5.41) is 2.70. The number of carbonyl (C=O) groups excluding carboxylic acids is 4. The predicted octanol–water partition coefficient (Wildman–Crippen LogP) is 5.86. The number of carbonyl (C=O) groups is 4. The number of unbranched alkanes of at least 4 members (excludes halogenated alkanes) is 1. The molecule has 12 nitrogen and oxygen atoms in total. The minimum absolute atomic E-state index is 0.0102. The standard InChI is InChI=1S/C35H52INO11/c1-21(2)27-16-15-22(3)18-28(27)47-30(36)14-10-11-17-42-34-31(37-35(41)44-19-26-12-8-7-9-13-26)33(46-25(6)40)32(45-24(5)39)29(48-34)20-43-23(4)38/h7-9,12-13,21-22,27-34H,10-11,14-20H2,1-6H3,(H,37,41)/t22-,27+,28-,29-,30?,31+,32-,33-,34-/m1/s1. The van der Waals surface area contributed by atoms with Crippen molar-refractivity contribution in [1.29, 1.82) is 0 Å². The summed E-state index contributed by atoms with van der Waals surface area (Å²) >= 11 is 2.37. The SMILES string of the molecule is CC(=O)OC[C@H]1O[C@@H](OCCCCC(I)O[C@@H]2C[C@H](C)CC[C@H]2C(C)C)[C@@H](NC(=O)OCc2ccccc2)[C@@H](OC(C)=O)[C@@H]1OC(C)=O. The summed E-state index contributed by atoms with van der Waals surface area (Å²) in [6.45, 7) is 10.4. The van der Waals surface area contributed by atoms with Crippen LogP contribution >= 0.6 is 22.6 Å². The molecule has 1 aromatic rings.